The van der Waals surface area contributed by atoms with Gasteiger partial charge in [-0.15, -0.1) is 0 Å². The van der Waals surface area contributed by atoms with Gasteiger partial charge < -0.3 is 0 Å². The van der Waals surface area contributed by atoms with E-state index < -0.39 is 0 Å². The highest BCUT2D eigenvalue weighted by atomic mass is 79.9. The Balaban J connectivity index is 2.94. The van der Waals surface area contributed by atoms with E-state index in [0.29, 0.717) is 12.3 Å². The van der Waals surface area contributed by atoms with Crippen molar-refractivity contribution in [2.45, 2.75) is 39.5 Å². The lowest BCUT2D eigenvalue weighted by atomic mass is 9.94. The molecule has 0 N–H and O–H groups in total. The Labute approximate surface area is 100 Å². The Morgan fingerprint density at radius 3 is 2.53 bits per heavy atom. The van der Waals surface area contributed by atoms with E-state index in [-0.39, 0.29) is 0 Å². The van der Waals surface area contributed by atoms with Crippen LogP contribution in [0.5, 0.6) is 0 Å². The molecule has 0 radical (unpaired) electrons. The Morgan fingerprint density at radius 1 is 1.33 bits per heavy atom. The molecule has 0 saturated carbocycles. The van der Waals surface area contributed by atoms with Crippen LogP contribution in [0.3, 0.4) is 0 Å². The van der Waals surface area contributed by atoms with Crippen molar-refractivity contribution in [3.8, 4) is 6.07 Å². The molecule has 1 rings (SSSR count). The molecule has 15 heavy (non-hydrogen) atoms. The average Bonchev–Trinajstić information content (AvgIpc) is 2.20. The van der Waals surface area contributed by atoms with Crippen LogP contribution in [0.4, 0.5) is 0 Å². The predicted octanol–water partition coefficient (Wildman–Crippen LogP) is 4.47. The standard InChI is InChI=1S/C13H16BrN/c1-9(5-4-6-15)12-7-10(2)11(3)8-13(12)14/h7-9H,4-5H2,1-3H3. The third kappa shape index (κ3) is 3.07. The Morgan fingerprint density at radius 2 is 1.93 bits per heavy atom. The molecule has 0 aliphatic rings. The summed E-state index contributed by atoms with van der Waals surface area (Å²) in [6.07, 6.45) is 1.55. The molecule has 1 aromatic carbocycles. The summed E-state index contributed by atoms with van der Waals surface area (Å²) in [6.45, 7) is 6.41. The number of halogens is 1. The summed E-state index contributed by atoms with van der Waals surface area (Å²) < 4.78 is 1.16. The van der Waals surface area contributed by atoms with E-state index in [2.05, 4.69) is 54.9 Å². The summed E-state index contributed by atoms with van der Waals surface area (Å²) in [5, 5.41) is 8.57. The van der Waals surface area contributed by atoms with Crippen molar-refractivity contribution in [1.82, 2.24) is 0 Å². The molecule has 0 saturated heterocycles. The fourth-order valence-electron chi connectivity index (χ4n) is 1.62. The fraction of sp³-hybridized carbons (Fsp3) is 0.462. The van der Waals surface area contributed by atoms with E-state index in [1.54, 1.807) is 0 Å². The van der Waals surface area contributed by atoms with E-state index in [0.717, 1.165) is 10.9 Å². The maximum atomic E-state index is 8.57. The maximum Gasteiger partial charge on any atom is 0.0621 e. The monoisotopic (exact) mass is 265 g/mol. The quantitative estimate of drug-likeness (QED) is 0.791. The van der Waals surface area contributed by atoms with Gasteiger partial charge in [-0.25, -0.2) is 0 Å². The zero-order valence-corrected chi connectivity index (χ0v) is 11.1. The molecule has 1 nitrogen and oxygen atoms in total. The molecule has 0 spiro atoms. The lowest BCUT2D eigenvalue weighted by Crippen LogP contribution is -1.96. The lowest BCUT2D eigenvalue weighted by molar-refractivity contribution is 0.691. The molecule has 1 atom stereocenters. The van der Waals surface area contributed by atoms with Gasteiger partial charge in [0.15, 0.2) is 0 Å². The SMILES string of the molecule is Cc1cc(Br)c(C(C)CCC#N)cc1C. The van der Waals surface area contributed by atoms with Crippen molar-refractivity contribution in [2.75, 3.05) is 0 Å². The highest BCUT2D eigenvalue weighted by Crippen LogP contribution is 2.30. The first-order valence-electron chi connectivity index (χ1n) is 5.20. The second kappa shape index (κ2) is 5.32. The molecule has 80 valence electrons. The van der Waals surface area contributed by atoms with Crippen LogP contribution in [0.1, 0.15) is 42.4 Å². The minimum atomic E-state index is 0.443. The van der Waals surface area contributed by atoms with Crippen LogP contribution < -0.4 is 0 Å². The Hall–Kier alpha value is -0.810. The van der Waals surface area contributed by atoms with E-state index in [1.807, 2.05) is 0 Å². The van der Waals surface area contributed by atoms with Gasteiger partial charge in [0.05, 0.1) is 6.07 Å². The largest absolute Gasteiger partial charge is 0.198 e. The molecule has 2 heteroatoms. The third-order valence-electron chi connectivity index (χ3n) is 2.83. The fourth-order valence-corrected chi connectivity index (χ4v) is 2.47. The van der Waals surface area contributed by atoms with E-state index in [9.17, 15) is 0 Å². The van der Waals surface area contributed by atoms with Crippen LogP contribution in [0.2, 0.25) is 0 Å². The average molecular weight is 266 g/mol. The first-order valence-corrected chi connectivity index (χ1v) is 5.99. The van der Waals surface area contributed by atoms with Crippen molar-refractivity contribution in [2.24, 2.45) is 0 Å². The molecular formula is C13H16BrN. The van der Waals surface area contributed by atoms with Crippen molar-refractivity contribution in [1.29, 1.82) is 5.26 Å². The van der Waals surface area contributed by atoms with E-state index in [4.69, 9.17) is 5.26 Å². The van der Waals surface area contributed by atoms with E-state index >= 15 is 0 Å². The van der Waals surface area contributed by atoms with Gasteiger partial charge in [-0.1, -0.05) is 28.9 Å². The zero-order chi connectivity index (χ0) is 11.4. The predicted molar refractivity (Wildman–Crippen MR) is 66.9 cm³/mol. The lowest BCUT2D eigenvalue weighted by Gasteiger charge is -2.14. The molecule has 0 amide bonds. The second-order valence-electron chi connectivity index (χ2n) is 4.06. The van der Waals surface area contributed by atoms with Crippen LogP contribution in [0, 0.1) is 25.2 Å². The smallest absolute Gasteiger partial charge is 0.0621 e. The number of benzene rings is 1. The molecule has 0 bridgehead atoms. The minimum Gasteiger partial charge on any atom is -0.198 e. The summed E-state index contributed by atoms with van der Waals surface area (Å²) in [6, 6.07) is 6.58. The molecular weight excluding hydrogens is 250 g/mol. The maximum absolute atomic E-state index is 8.57. The number of rotatable bonds is 3. The summed E-state index contributed by atoms with van der Waals surface area (Å²) in [7, 11) is 0. The second-order valence-corrected chi connectivity index (χ2v) is 4.91. The van der Waals surface area contributed by atoms with E-state index in [1.165, 1.54) is 16.7 Å². The van der Waals surface area contributed by atoms with Gasteiger partial charge in [-0.2, -0.15) is 5.26 Å². The molecule has 0 aliphatic carbocycles. The van der Waals surface area contributed by atoms with Crippen LogP contribution in [0.15, 0.2) is 16.6 Å². The molecule has 1 aromatic rings. The van der Waals surface area contributed by atoms with Gasteiger partial charge in [0.1, 0.15) is 0 Å². The van der Waals surface area contributed by atoms with Crippen LogP contribution in [0.25, 0.3) is 0 Å². The van der Waals surface area contributed by atoms with Crippen molar-refractivity contribution in [3.63, 3.8) is 0 Å². The van der Waals surface area contributed by atoms with Gasteiger partial charge in [0.2, 0.25) is 0 Å². The highest BCUT2D eigenvalue weighted by molar-refractivity contribution is 9.10. The topological polar surface area (TPSA) is 23.8 Å². The number of nitriles is 1. The first kappa shape index (κ1) is 12.3. The number of hydrogen-bond acceptors (Lipinski definition) is 1. The van der Waals surface area contributed by atoms with Gasteiger partial charge in [0, 0.05) is 10.9 Å². The van der Waals surface area contributed by atoms with Crippen molar-refractivity contribution >= 4 is 15.9 Å². The minimum absolute atomic E-state index is 0.443. The molecule has 1 unspecified atom stereocenters. The highest BCUT2D eigenvalue weighted by Gasteiger charge is 2.10. The van der Waals surface area contributed by atoms with Crippen LogP contribution in [-0.4, -0.2) is 0 Å². The van der Waals surface area contributed by atoms with Crippen molar-refractivity contribution < 1.29 is 0 Å². The van der Waals surface area contributed by atoms with Gasteiger partial charge in [-0.05, 0) is 48.9 Å². The molecule has 0 aromatic heterocycles. The van der Waals surface area contributed by atoms with Gasteiger partial charge in [0.25, 0.3) is 0 Å². The number of nitrogens with zero attached hydrogens (tertiary/aromatic N) is 1. The Bertz CT molecular complexity index is 390. The van der Waals surface area contributed by atoms with Crippen molar-refractivity contribution in [3.05, 3.63) is 33.3 Å². The van der Waals surface area contributed by atoms with Crippen LogP contribution in [-0.2, 0) is 0 Å². The molecule has 0 fully saturated rings. The van der Waals surface area contributed by atoms with Crippen LogP contribution >= 0.6 is 15.9 Å². The summed E-state index contributed by atoms with van der Waals surface area (Å²) in [5.41, 5.74) is 3.93. The first-order chi connectivity index (χ1) is 7.06. The number of aryl methyl sites for hydroxylation is 2. The Kier molecular flexibility index (Phi) is 4.35. The molecule has 0 heterocycles. The third-order valence-corrected chi connectivity index (χ3v) is 3.52. The summed E-state index contributed by atoms with van der Waals surface area (Å²) in [4.78, 5) is 0. The molecule has 0 aliphatic heterocycles. The summed E-state index contributed by atoms with van der Waals surface area (Å²) >= 11 is 3.59. The normalized spacial score (nSPS) is 12.2. The van der Waals surface area contributed by atoms with Gasteiger partial charge >= 0.3 is 0 Å². The van der Waals surface area contributed by atoms with Gasteiger partial charge in [-0.3, -0.25) is 0 Å². The number of hydrogen-bond donors (Lipinski definition) is 0. The zero-order valence-electron chi connectivity index (χ0n) is 9.47. The summed E-state index contributed by atoms with van der Waals surface area (Å²) in [5.74, 6) is 0.443.